The average molecular weight is 226 g/mol. The Morgan fingerprint density at radius 2 is 1.94 bits per heavy atom. The second-order valence-electron chi connectivity index (χ2n) is 5.22. The quantitative estimate of drug-likeness (QED) is 0.698. The number of hydrogen-bond acceptors (Lipinski definition) is 2. The van der Waals surface area contributed by atoms with E-state index >= 15 is 0 Å². The van der Waals surface area contributed by atoms with Gasteiger partial charge in [-0.1, -0.05) is 26.7 Å². The Morgan fingerprint density at radius 1 is 1.25 bits per heavy atom. The standard InChI is InChI=1S/C13H26N2O/c1-11(2)7-9-15-13(16)8-10-14-12-5-3-4-6-12/h11-12,14H,3-10H2,1-2H3,(H,15,16). The Bertz CT molecular complexity index is 198. The van der Waals surface area contributed by atoms with Gasteiger partial charge in [0.2, 0.25) is 5.91 Å². The van der Waals surface area contributed by atoms with Gasteiger partial charge in [-0.2, -0.15) is 0 Å². The van der Waals surface area contributed by atoms with Gasteiger partial charge in [0.25, 0.3) is 0 Å². The Balaban J connectivity index is 1.93. The minimum atomic E-state index is 0.186. The van der Waals surface area contributed by atoms with Gasteiger partial charge < -0.3 is 10.6 Å². The summed E-state index contributed by atoms with van der Waals surface area (Å²) in [6, 6.07) is 0.670. The van der Waals surface area contributed by atoms with Gasteiger partial charge >= 0.3 is 0 Å². The highest BCUT2D eigenvalue weighted by molar-refractivity contribution is 5.75. The maximum Gasteiger partial charge on any atom is 0.221 e. The fraction of sp³-hybridized carbons (Fsp3) is 0.923. The zero-order valence-electron chi connectivity index (χ0n) is 10.7. The molecule has 1 saturated carbocycles. The predicted molar refractivity (Wildman–Crippen MR) is 67.3 cm³/mol. The number of rotatable bonds is 7. The summed E-state index contributed by atoms with van der Waals surface area (Å²) in [7, 11) is 0. The molecule has 0 aromatic heterocycles. The van der Waals surface area contributed by atoms with Crippen molar-refractivity contribution in [3.05, 3.63) is 0 Å². The molecule has 0 saturated heterocycles. The normalized spacial score (nSPS) is 16.9. The topological polar surface area (TPSA) is 41.1 Å². The lowest BCUT2D eigenvalue weighted by molar-refractivity contribution is -0.121. The second-order valence-corrected chi connectivity index (χ2v) is 5.22. The first kappa shape index (κ1) is 13.5. The number of hydrogen-bond donors (Lipinski definition) is 2. The fourth-order valence-electron chi connectivity index (χ4n) is 2.11. The molecule has 1 amide bonds. The molecule has 3 heteroatoms. The summed E-state index contributed by atoms with van der Waals surface area (Å²) in [4.78, 5) is 11.4. The molecule has 2 N–H and O–H groups in total. The second kappa shape index (κ2) is 7.66. The first-order valence-corrected chi connectivity index (χ1v) is 6.68. The molecule has 1 fully saturated rings. The van der Waals surface area contributed by atoms with E-state index in [1.54, 1.807) is 0 Å². The zero-order chi connectivity index (χ0) is 11.8. The number of carbonyl (C=O) groups is 1. The maximum absolute atomic E-state index is 11.4. The lowest BCUT2D eigenvalue weighted by Gasteiger charge is -2.11. The Kier molecular flexibility index (Phi) is 6.46. The van der Waals surface area contributed by atoms with Crippen LogP contribution < -0.4 is 10.6 Å². The summed E-state index contributed by atoms with van der Waals surface area (Å²) >= 11 is 0. The van der Waals surface area contributed by atoms with E-state index in [4.69, 9.17) is 0 Å². The Morgan fingerprint density at radius 3 is 2.56 bits per heavy atom. The van der Waals surface area contributed by atoms with E-state index in [0.29, 0.717) is 18.4 Å². The molecule has 0 spiro atoms. The molecular formula is C13H26N2O. The van der Waals surface area contributed by atoms with Crippen molar-refractivity contribution in [3.63, 3.8) is 0 Å². The maximum atomic E-state index is 11.4. The van der Waals surface area contributed by atoms with Crippen LogP contribution in [-0.2, 0) is 4.79 Å². The number of nitrogens with one attached hydrogen (secondary N) is 2. The van der Waals surface area contributed by atoms with E-state index in [1.807, 2.05) is 0 Å². The molecule has 0 bridgehead atoms. The summed E-state index contributed by atoms with van der Waals surface area (Å²) in [5, 5.41) is 6.41. The smallest absolute Gasteiger partial charge is 0.221 e. The largest absolute Gasteiger partial charge is 0.356 e. The van der Waals surface area contributed by atoms with Gasteiger partial charge in [0, 0.05) is 25.6 Å². The molecule has 0 aromatic rings. The van der Waals surface area contributed by atoms with E-state index in [0.717, 1.165) is 19.5 Å². The molecule has 3 nitrogen and oxygen atoms in total. The van der Waals surface area contributed by atoms with E-state index < -0.39 is 0 Å². The molecule has 0 aliphatic heterocycles. The molecule has 1 rings (SSSR count). The minimum Gasteiger partial charge on any atom is -0.356 e. The minimum absolute atomic E-state index is 0.186. The fourth-order valence-corrected chi connectivity index (χ4v) is 2.11. The van der Waals surface area contributed by atoms with Crippen LogP contribution in [0.2, 0.25) is 0 Å². The van der Waals surface area contributed by atoms with Gasteiger partial charge in [-0.05, 0) is 25.2 Å². The lowest BCUT2D eigenvalue weighted by Crippen LogP contribution is -2.32. The first-order chi connectivity index (χ1) is 7.68. The van der Waals surface area contributed by atoms with Gasteiger partial charge in [-0.3, -0.25) is 4.79 Å². The molecule has 0 radical (unpaired) electrons. The summed E-state index contributed by atoms with van der Waals surface area (Å²) in [6.07, 6.45) is 6.96. The highest BCUT2D eigenvalue weighted by atomic mass is 16.1. The third-order valence-electron chi connectivity index (χ3n) is 3.18. The highest BCUT2D eigenvalue weighted by Gasteiger charge is 2.13. The van der Waals surface area contributed by atoms with E-state index in [2.05, 4.69) is 24.5 Å². The van der Waals surface area contributed by atoms with Crippen molar-refractivity contribution in [2.75, 3.05) is 13.1 Å². The van der Waals surface area contributed by atoms with Crippen LogP contribution in [0, 0.1) is 5.92 Å². The van der Waals surface area contributed by atoms with E-state index in [9.17, 15) is 4.79 Å². The predicted octanol–water partition coefficient (Wildman–Crippen LogP) is 2.07. The van der Waals surface area contributed by atoms with Gasteiger partial charge in [-0.25, -0.2) is 0 Å². The Labute approximate surface area is 99.4 Å². The van der Waals surface area contributed by atoms with Crippen molar-refractivity contribution in [1.82, 2.24) is 10.6 Å². The van der Waals surface area contributed by atoms with Crippen LogP contribution in [0.3, 0.4) is 0 Å². The van der Waals surface area contributed by atoms with Crippen LogP contribution in [0.15, 0.2) is 0 Å². The summed E-state index contributed by atoms with van der Waals surface area (Å²) in [5.41, 5.74) is 0. The van der Waals surface area contributed by atoms with Gasteiger partial charge in [0.15, 0.2) is 0 Å². The van der Waals surface area contributed by atoms with E-state index in [-0.39, 0.29) is 5.91 Å². The first-order valence-electron chi connectivity index (χ1n) is 6.68. The van der Waals surface area contributed by atoms with Crippen LogP contribution in [0.25, 0.3) is 0 Å². The summed E-state index contributed by atoms with van der Waals surface area (Å²) in [6.45, 7) is 6.00. The van der Waals surface area contributed by atoms with Crippen molar-refractivity contribution in [3.8, 4) is 0 Å². The van der Waals surface area contributed by atoms with Crippen LogP contribution >= 0.6 is 0 Å². The SMILES string of the molecule is CC(C)CCNC(=O)CCNC1CCCC1. The van der Waals surface area contributed by atoms with Gasteiger partial charge in [-0.15, -0.1) is 0 Å². The van der Waals surface area contributed by atoms with Crippen molar-refractivity contribution in [1.29, 1.82) is 0 Å². The molecule has 16 heavy (non-hydrogen) atoms. The van der Waals surface area contributed by atoms with Crippen LogP contribution in [0.1, 0.15) is 52.4 Å². The van der Waals surface area contributed by atoms with Gasteiger partial charge in [0.1, 0.15) is 0 Å². The summed E-state index contributed by atoms with van der Waals surface area (Å²) < 4.78 is 0. The van der Waals surface area contributed by atoms with Crippen molar-refractivity contribution in [2.45, 2.75) is 58.4 Å². The molecule has 0 heterocycles. The molecule has 94 valence electrons. The van der Waals surface area contributed by atoms with Crippen LogP contribution in [0.4, 0.5) is 0 Å². The van der Waals surface area contributed by atoms with Crippen molar-refractivity contribution < 1.29 is 4.79 Å². The molecule has 1 aliphatic carbocycles. The lowest BCUT2D eigenvalue weighted by atomic mass is 10.1. The number of carbonyl (C=O) groups excluding carboxylic acids is 1. The van der Waals surface area contributed by atoms with Crippen molar-refractivity contribution in [2.24, 2.45) is 5.92 Å². The molecule has 0 aromatic carbocycles. The molecule has 0 atom stereocenters. The Hall–Kier alpha value is -0.570. The third kappa shape index (κ3) is 6.11. The average Bonchev–Trinajstić information content (AvgIpc) is 2.70. The van der Waals surface area contributed by atoms with Crippen LogP contribution in [0.5, 0.6) is 0 Å². The third-order valence-corrected chi connectivity index (χ3v) is 3.18. The van der Waals surface area contributed by atoms with E-state index in [1.165, 1.54) is 25.7 Å². The molecule has 0 unspecified atom stereocenters. The summed E-state index contributed by atoms with van der Waals surface area (Å²) in [5.74, 6) is 0.850. The van der Waals surface area contributed by atoms with Crippen LogP contribution in [-0.4, -0.2) is 25.0 Å². The zero-order valence-corrected chi connectivity index (χ0v) is 10.7. The number of amides is 1. The monoisotopic (exact) mass is 226 g/mol. The molecule has 1 aliphatic rings. The van der Waals surface area contributed by atoms with Crippen molar-refractivity contribution >= 4 is 5.91 Å². The highest BCUT2D eigenvalue weighted by Crippen LogP contribution is 2.17. The van der Waals surface area contributed by atoms with Gasteiger partial charge in [0.05, 0.1) is 0 Å². The molecular weight excluding hydrogens is 200 g/mol.